The van der Waals surface area contributed by atoms with Gasteiger partial charge in [0.1, 0.15) is 23.4 Å². The summed E-state index contributed by atoms with van der Waals surface area (Å²) in [7, 11) is 0. The number of aliphatic carboxylic acids is 1. The first-order valence-electron chi connectivity index (χ1n) is 12.4. The lowest BCUT2D eigenvalue weighted by Gasteiger charge is -2.36. The van der Waals surface area contributed by atoms with Crippen molar-refractivity contribution >= 4 is 28.1 Å². The minimum atomic E-state index is -1.04. The van der Waals surface area contributed by atoms with Crippen LogP contribution in [0.25, 0.3) is 10.8 Å². The van der Waals surface area contributed by atoms with Gasteiger partial charge < -0.3 is 24.8 Å². The fourth-order valence-corrected chi connectivity index (χ4v) is 4.80. The zero-order valence-corrected chi connectivity index (χ0v) is 20.6. The summed E-state index contributed by atoms with van der Waals surface area (Å²) in [5.74, 6) is -0.462. The number of carboxylic acid groups (broad SMARTS) is 1. The molecule has 0 saturated carbocycles. The molecule has 0 radical (unpaired) electrons. The van der Waals surface area contributed by atoms with Gasteiger partial charge in [0.25, 0.3) is 0 Å². The van der Waals surface area contributed by atoms with Crippen molar-refractivity contribution in [2.24, 2.45) is 0 Å². The molecule has 1 unspecified atom stereocenters. The minimum Gasteiger partial charge on any atom is -0.486 e. The largest absolute Gasteiger partial charge is 0.486 e. The molecular weight excluding hydrogens is 471 g/mol. The van der Waals surface area contributed by atoms with Gasteiger partial charge in [-0.25, -0.2) is 9.18 Å². The van der Waals surface area contributed by atoms with E-state index in [0.29, 0.717) is 18.0 Å². The monoisotopic (exact) mass is 500 g/mol. The molecule has 1 aliphatic heterocycles. The second kappa shape index (κ2) is 10.9. The van der Waals surface area contributed by atoms with Crippen molar-refractivity contribution < 1.29 is 23.8 Å². The highest BCUT2D eigenvalue weighted by molar-refractivity contribution is 5.86. The van der Waals surface area contributed by atoms with E-state index in [2.05, 4.69) is 53.5 Å². The van der Waals surface area contributed by atoms with E-state index >= 15 is 0 Å². The molecule has 0 aromatic heterocycles. The maximum absolute atomic E-state index is 14.1. The number of fused-ring (bicyclic) bond motifs is 2. The molecule has 190 valence electrons. The van der Waals surface area contributed by atoms with Gasteiger partial charge in [-0.15, -0.1) is 0 Å². The zero-order valence-electron chi connectivity index (χ0n) is 20.6. The molecule has 37 heavy (non-hydrogen) atoms. The molecule has 0 saturated heterocycles. The van der Waals surface area contributed by atoms with Gasteiger partial charge >= 0.3 is 5.97 Å². The molecule has 7 heteroatoms. The molecule has 5 rings (SSSR count). The van der Waals surface area contributed by atoms with Crippen LogP contribution in [0.5, 0.6) is 11.5 Å². The van der Waals surface area contributed by atoms with Gasteiger partial charge in [-0.3, -0.25) is 0 Å². The van der Waals surface area contributed by atoms with Crippen LogP contribution in [0, 0.1) is 5.82 Å². The quantitative estimate of drug-likeness (QED) is 0.290. The van der Waals surface area contributed by atoms with Crippen molar-refractivity contribution in [3.05, 3.63) is 96.3 Å². The maximum Gasteiger partial charge on any atom is 0.341 e. The van der Waals surface area contributed by atoms with E-state index in [-0.39, 0.29) is 18.0 Å². The van der Waals surface area contributed by atoms with E-state index in [1.165, 1.54) is 28.5 Å². The first-order valence-corrected chi connectivity index (χ1v) is 12.4. The van der Waals surface area contributed by atoms with Crippen molar-refractivity contribution in [1.82, 2.24) is 5.32 Å². The Labute approximate surface area is 215 Å². The summed E-state index contributed by atoms with van der Waals surface area (Å²) in [6, 6.07) is 26.6. The summed E-state index contributed by atoms with van der Waals surface area (Å²) in [6.07, 6.45) is 0.543. The van der Waals surface area contributed by atoms with Crippen LogP contribution in [-0.2, 0) is 4.79 Å². The Kier molecular flexibility index (Phi) is 7.23. The Morgan fingerprint density at radius 3 is 2.78 bits per heavy atom. The molecular formula is C30H29FN2O4. The van der Waals surface area contributed by atoms with Crippen LogP contribution in [-0.4, -0.2) is 36.9 Å². The molecule has 0 aliphatic carbocycles. The number of carbonyl (C=O) groups is 1. The third-order valence-electron chi connectivity index (χ3n) is 6.59. The second-order valence-corrected chi connectivity index (χ2v) is 9.18. The van der Waals surface area contributed by atoms with Gasteiger partial charge in [0.2, 0.25) is 0 Å². The Morgan fingerprint density at radius 1 is 1.11 bits per heavy atom. The number of anilines is 2. The highest BCUT2D eigenvalue weighted by atomic mass is 19.1. The third-order valence-corrected chi connectivity index (χ3v) is 6.59. The molecule has 6 nitrogen and oxygen atoms in total. The predicted molar refractivity (Wildman–Crippen MR) is 142 cm³/mol. The molecule has 2 N–H and O–H groups in total. The molecule has 0 bridgehead atoms. The van der Waals surface area contributed by atoms with E-state index in [1.54, 1.807) is 18.2 Å². The minimum absolute atomic E-state index is 0.151. The summed E-state index contributed by atoms with van der Waals surface area (Å²) in [5.41, 5.74) is 2.82. The number of halogens is 1. The summed E-state index contributed by atoms with van der Waals surface area (Å²) < 4.78 is 25.6. The highest BCUT2D eigenvalue weighted by Gasteiger charge is 2.27. The lowest BCUT2D eigenvalue weighted by molar-refractivity contribution is -0.139. The van der Waals surface area contributed by atoms with Crippen molar-refractivity contribution in [3.63, 3.8) is 0 Å². The molecule has 4 aromatic carbocycles. The number of nitrogens with zero attached hydrogens (tertiary/aromatic N) is 1. The van der Waals surface area contributed by atoms with Gasteiger partial charge in [0, 0.05) is 23.9 Å². The van der Waals surface area contributed by atoms with Crippen LogP contribution in [0.15, 0.2) is 84.9 Å². The second-order valence-electron chi connectivity index (χ2n) is 9.18. The van der Waals surface area contributed by atoms with Crippen molar-refractivity contribution in [2.45, 2.75) is 25.5 Å². The zero-order chi connectivity index (χ0) is 25.8. The average Bonchev–Trinajstić information content (AvgIpc) is 2.91. The Bertz CT molecular complexity index is 1400. The topological polar surface area (TPSA) is 71.0 Å². The van der Waals surface area contributed by atoms with Crippen LogP contribution in [0.3, 0.4) is 0 Å². The highest BCUT2D eigenvalue weighted by Crippen LogP contribution is 2.40. The van der Waals surface area contributed by atoms with Gasteiger partial charge in [-0.05, 0) is 60.5 Å². The van der Waals surface area contributed by atoms with E-state index in [4.69, 9.17) is 14.6 Å². The van der Waals surface area contributed by atoms with Gasteiger partial charge in [0.05, 0.1) is 12.2 Å². The number of ether oxygens (including phenoxy) is 2. The maximum atomic E-state index is 14.1. The molecule has 2 atom stereocenters. The first-order chi connectivity index (χ1) is 18.0. The summed E-state index contributed by atoms with van der Waals surface area (Å²) in [5, 5.41) is 15.0. The van der Waals surface area contributed by atoms with E-state index < -0.39 is 12.6 Å². The third kappa shape index (κ3) is 5.67. The smallest absolute Gasteiger partial charge is 0.341 e. The van der Waals surface area contributed by atoms with Crippen molar-refractivity contribution in [3.8, 4) is 11.5 Å². The summed E-state index contributed by atoms with van der Waals surface area (Å²) in [4.78, 5) is 13.0. The number of hydrogen-bond acceptors (Lipinski definition) is 5. The molecule has 1 aliphatic rings. The first kappa shape index (κ1) is 24.6. The van der Waals surface area contributed by atoms with Gasteiger partial charge in [-0.2, -0.15) is 0 Å². The molecule has 0 fully saturated rings. The van der Waals surface area contributed by atoms with E-state index in [9.17, 15) is 9.18 Å². The van der Waals surface area contributed by atoms with E-state index in [1.807, 2.05) is 18.2 Å². The van der Waals surface area contributed by atoms with Crippen molar-refractivity contribution in [2.75, 3.05) is 24.6 Å². The van der Waals surface area contributed by atoms with Crippen LogP contribution < -0.4 is 19.7 Å². The van der Waals surface area contributed by atoms with Crippen LogP contribution in [0.1, 0.15) is 24.9 Å². The summed E-state index contributed by atoms with van der Waals surface area (Å²) in [6.45, 7) is 3.02. The van der Waals surface area contributed by atoms with Crippen LogP contribution in [0.2, 0.25) is 0 Å². The molecule has 4 aromatic rings. The number of nitrogens with one attached hydrogen (secondary N) is 1. The number of carboxylic acids is 1. The SMILES string of the molecule is C[C@@H](NCCC1CN(c2cccc(OCC(=O)O)c2)c2ccc(F)cc2O1)c1cccc2ccccc12. The van der Waals surface area contributed by atoms with Crippen LogP contribution >= 0.6 is 0 Å². The molecule has 0 amide bonds. The average molecular weight is 501 g/mol. The molecule has 1 heterocycles. The predicted octanol–water partition coefficient (Wildman–Crippen LogP) is 6.08. The fourth-order valence-electron chi connectivity index (χ4n) is 4.80. The number of hydrogen-bond donors (Lipinski definition) is 2. The normalized spacial score (nSPS) is 15.6. The molecule has 0 spiro atoms. The van der Waals surface area contributed by atoms with E-state index in [0.717, 1.165) is 24.3 Å². The lowest BCUT2D eigenvalue weighted by atomic mass is 9.99. The fraction of sp³-hybridized carbons (Fsp3) is 0.233. The van der Waals surface area contributed by atoms with Crippen molar-refractivity contribution in [1.29, 1.82) is 0 Å². The Morgan fingerprint density at radius 2 is 1.92 bits per heavy atom. The lowest BCUT2D eigenvalue weighted by Crippen LogP contribution is -2.39. The van der Waals surface area contributed by atoms with Gasteiger partial charge in [0.15, 0.2) is 6.61 Å². The Hall–Kier alpha value is -4.10. The van der Waals surface area contributed by atoms with Crippen LogP contribution in [0.4, 0.5) is 15.8 Å². The number of benzene rings is 4. The standard InChI is InChI=1S/C30H29FN2O4/c1-20(26-11-4-7-21-6-2-3-10-27(21)26)32-15-14-25-18-33(28-13-12-22(31)16-29(28)37-25)23-8-5-9-24(17-23)36-19-30(34)35/h2-13,16-17,20,25,32H,14-15,18-19H2,1H3,(H,34,35)/t20-,25?/m1/s1. The van der Waals surface area contributed by atoms with Gasteiger partial charge in [-0.1, -0.05) is 48.5 Å². The summed E-state index contributed by atoms with van der Waals surface area (Å²) >= 11 is 0. The number of rotatable bonds is 9. The Balaban J connectivity index is 1.30.